The van der Waals surface area contributed by atoms with Crippen LogP contribution in [-0.4, -0.2) is 41.3 Å². The van der Waals surface area contributed by atoms with Crippen LogP contribution in [0.25, 0.3) is 0 Å². The molecule has 0 saturated heterocycles. The lowest BCUT2D eigenvalue weighted by molar-refractivity contribution is -0.119. The summed E-state index contributed by atoms with van der Waals surface area (Å²) in [5.74, 6) is 0.644. The predicted molar refractivity (Wildman–Crippen MR) is 161 cm³/mol. The van der Waals surface area contributed by atoms with Gasteiger partial charge in [0, 0.05) is 0 Å². The fourth-order valence-corrected chi connectivity index (χ4v) is 5.91. The van der Waals surface area contributed by atoms with Crippen molar-refractivity contribution in [2.75, 3.05) is 25.1 Å². The molecule has 9 nitrogen and oxygen atoms in total. The fourth-order valence-electron chi connectivity index (χ4n) is 3.88. The van der Waals surface area contributed by atoms with E-state index in [1.165, 1.54) is 32.6 Å². The first-order valence-corrected chi connectivity index (χ1v) is 14.6. The Kier molecular flexibility index (Phi) is 9.99. The van der Waals surface area contributed by atoms with Crippen molar-refractivity contribution in [3.05, 3.63) is 113 Å². The highest BCUT2D eigenvalue weighted by molar-refractivity contribution is 9.10. The zero-order valence-corrected chi connectivity index (χ0v) is 24.8. The molecule has 0 atom stereocenters. The smallest absolute Gasteiger partial charge is 0.264 e. The van der Waals surface area contributed by atoms with Crippen LogP contribution < -0.4 is 23.9 Å². The molecule has 0 spiro atoms. The summed E-state index contributed by atoms with van der Waals surface area (Å²) in [6.07, 6.45) is 1.42. The summed E-state index contributed by atoms with van der Waals surface area (Å²) in [7, 11) is -1.14. The molecular formula is C30H28BrN3O6S. The molecule has 1 amide bonds. The highest BCUT2D eigenvalue weighted by Crippen LogP contribution is 2.37. The molecule has 0 saturated carbocycles. The third kappa shape index (κ3) is 7.44. The minimum absolute atomic E-state index is 0.0359. The fraction of sp³-hybridized carbons (Fsp3) is 0.133. The second kappa shape index (κ2) is 13.8. The van der Waals surface area contributed by atoms with E-state index in [1.54, 1.807) is 54.6 Å². The van der Waals surface area contributed by atoms with Gasteiger partial charge in [-0.1, -0.05) is 60.7 Å². The molecule has 0 aromatic heterocycles. The maximum absolute atomic E-state index is 13.5. The lowest BCUT2D eigenvalue weighted by Crippen LogP contribution is -2.39. The molecule has 0 heterocycles. The first-order chi connectivity index (χ1) is 19.8. The van der Waals surface area contributed by atoms with Crippen LogP contribution in [-0.2, 0) is 21.4 Å². The van der Waals surface area contributed by atoms with E-state index in [4.69, 9.17) is 14.2 Å². The number of sulfonamides is 1. The molecule has 0 radical (unpaired) electrons. The summed E-state index contributed by atoms with van der Waals surface area (Å²) in [4.78, 5) is 13.0. The van der Waals surface area contributed by atoms with Crippen LogP contribution in [0.2, 0.25) is 0 Å². The Bertz CT molecular complexity index is 1620. The molecule has 0 unspecified atom stereocenters. The van der Waals surface area contributed by atoms with Crippen molar-refractivity contribution in [1.29, 1.82) is 0 Å². The van der Waals surface area contributed by atoms with Crippen LogP contribution in [0.1, 0.15) is 11.1 Å². The van der Waals surface area contributed by atoms with Gasteiger partial charge in [0.05, 0.1) is 35.5 Å². The number of nitrogens with zero attached hydrogens (tertiary/aromatic N) is 2. The lowest BCUT2D eigenvalue weighted by atomic mass is 10.2. The van der Waals surface area contributed by atoms with Gasteiger partial charge in [0.2, 0.25) is 0 Å². The van der Waals surface area contributed by atoms with Crippen LogP contribution >= 0.6 is 15.9 Å². The number of hydrazone groups is 1. The van der Waals surface area contributed by atoms with E-state index in [1.807, 2.05) is 30.3 Å². The number of nitrogens with one attached hydrogen (secondary N) is 1. The molecule has 4 rings (SSSR count). The van der Waals surface area contributed by atoms with Crippen molar-refractivity contribution < 1.29 is 27.4 Å². The molecule has 0 aliphatic carbocycles. The maximum atomic E-state index is 13.5. The van der Waals surface area contributed by atoms with E-state index in [2.05, 4.69) is 26.5 Å². The minimum Gasteiger partial charge on any atom is -0.495 e. The summed E-state index contributed by atoms with van der Waals surface area (Å²) in [5.41, 5.74) is 4.24. The Morgan fingerprint density at radius 2 is 1.54 bits per heavy atom. The predicted octanol–water partition coefficient (Wildman–Crippen LogP) is 5.39. The largest absolute Gasteiger partial charge is 0.495 e. The van der Waals surface area contributed by atoms with Crippen LogP contribution in [0, 0.1) is 0 Å². The Labute approximate surface area is 247 Å². The zero-order valence-electron chi connectivity index (χ0n) is 22.4. The van der Waals surface area contributed by atoms with E-state index >= 15 is 0 Å². The van der Waals surface area contributed by atoms with Gasteiger partial charge in [0.25, 0.3) is 15.9 Å². The summed E-state index contributed by atoms with van der Waals surface area (Å²) in [6, 6.07) is 27.6. The SMILES string of the molecule is COc1ccccc1N(CC(=O)N/N=C\c1cc(Br)c(OCc2ccccc2)c(OC)c1)S(=O)(=O)c1ccccc1. The number of hydrogen-bond acceptors (Lipinski definition) is 7. The minimum atomic E-state index is -4.10. The van der Waals surface area contributed by atoms with Crippen molar-refractivity contribution in [1.82, 2.24) is 5.43 Å². The zero-order chi connectivity index (χ0) is 29.2. The molecule has 212 valence electrons. The Hall–Kier alpha value is -4.35. The number of rotatable bonds is 12. The van der Waals surface area contributed by atoms with Gasteiger partial charge in [0.1, 0.15) is 18.9 Å². The summed E-state index contributed by atoms with van der Waals surface area (Å²) >= 11 is 3.51. The van der Waals surface area contributed by atoms with Gasteiger partial charge < -0.3 is 14.2 Å². The van der Waals surface area contributed by atoms with Crippen molar-refractivity contribution in [3.8, 4) is 17.2 Å². The van der Waals surface area contributed by atoms with E-state index in [9.17, 15) is 13.2 Å². The molecule has 0 aliphatic heterocycles. The third-order valence-electron chi connectivity index (χ3n) is 5.85. The van der Waals surface area contributed by atoms with Gasteiger partial charge in [0.15, 0.2) is 11.5 Å². The molecule has 4 aromatic carbocycles. The van der Waals surface area contributed by atoms with Crippen molar-refractivity contribution in [2.24, 2.45) is 5.10 Å². The Morgan fingerprint density at radius 1 is 0.902 bits per heavy atom. The second-order valence-electron chi connectivity index (χ2n) is 8.60. The lowest BCUT2D eigenvalue weighted by Gasteiger charge is -2.25. The standard InChI is InChI=1S/C30H28BrN3O6S/c1-38-27-16-10-9-15-26(27)34(41(36,37)24-13-7-4-8-14-24)20-29(35)33-32-19-23-17-25(31)30(28(18-23)39-2)40-21-22-11-5-3-6-12-22/h3-19H,20-21H2,1-2H3,(H,33,35)/b32-19-. The molecule has 41 heavy (non-hydrogen) atoms. The quantitative estimate of drug-likeness (QED) is 0.165. The normalized spacial score (nSPS) is 11.2. The maximum Gasteiger partial charge on any atom is 0.264 e. The van der Waals surface area contributed by atoms with Crippen LogP contribution in [0.5, 0.6) is 17.2 Å². The van der Waals surface area contributed by atoms with Gasteiger partial charge in [-0.2, -0.15) is 5.10 Å². The topological polar surface area (TPSA) is 107 Å². The summed E-state index contributed by atoms with van der Waals surface area (Å²) in [5, 5.41) is 4.03. The van der Waals surface area contributed by atoms with Crippen molar-refractivity contribution in [2.45, 2.75) is 11.5 Å². The van der Waals surface area contributed by atoms with E-state index in [0.29, 0.717) is 33.9 Å². The van der Waals surface area contributed by atoms with Gasteiger partial charge in [-0.15, -0.1) is 0 Å². The number of methoxy groups -OCH3 is 2. The average molecular weight is 639 g/mol. The molecule has 0 fully saturated rings. The monoisotopic (exact) mass is 637 g/mol. The average Bonchev–Trinajstić information content (AvgIpc) is 3.00. The van der Waals surface area contributed by atoms with Crippen molar-refractivity contribution in [3.63, 3.8) is 0 Å². The number of amides is 1. The second-order valence-corrected chi connectivity index (χ2v) is 11.3. The highest BCUT2D eigenvalue weighted by atomic mass is 79.9. The Balaban J connectivity index is 1.50. The van der Waals surface area contributed by atoms with Gasteiger partial charge in [-0.25, -0.2) is 13.8 Å². The van der Waals surface area contributed by atoms with E-state index in [0.717, 1.165) is 9.87 Å². The molecule has 11 heteroatoms. The van der Waals surface area contributed by atoms with Gasteiger partial charge in [-0.05, 0) is 63.5 Å². The number of halogens is 1. The summed E-state index contributed by atoms with van der Waals surface area (Å²) in [6.45, 7) is -0.178. The van der Waals surface area contributed by atoms with Gasteiger partial charge in [-0.3, -0.25) is 9.10 Å². The number of benzene rings is 4. The number of ether oxygens (including phenoxy) is 3. The van der Waals surface area contributed by atoms with Crippen LogP contribution in [0.4, 0.5) is 5.69 Å². The van der Waals surface area contributed by atoms with Crippen LogP contribution in [0.3, 0.4) is 0 Å². The van der Waals surface area contributed by atoms with Crippen LogP contribution in [0.15, 0.2) is 112 Å². The Morgan fingerprint density at radius 3 is 2.22 bits per heavy atom. The third-order valence-corrected chi connectivity index (χ3v) is 8.22. The number of anilines is 1. The van der Waals surface area contributed by atoms with E-state index in [-0.39, 0.29) is 10.6 Å². The number of hydrogen-bond donors (Lipinski definition) is 1. The number of carbonyl (C=O) groups excluding carboxylic acids is 1. The first-order valence-electron chi connectivity index (χ1n) is 12.4. The number of para-hydroxylation sites is 2. The molecule has 1 N–H and O–H groups in total. The van der Waals surface area contributed by atoms with E-state index < -0.39 is 22.5 Å². The van der Waals surface area contributed by atoms with Gasteiger partial charge >= 0.3 is 0 Å². The molecular weight excluding hydrogens is 610 g/mol. The summed E-state index contributed by atoms with van der Waals surface area (Å²) < 4.78 is 45.5. The molecule has 0 bridgehead atoms. The molecule has 4 aromatic rings. The van der Waals surface area contributed by atoms with Crippen molar-refractivity contribution >= 4 is 43.8 Å². The first kappa shape index (κ1) is 29.6. The number of carbonyl (C=O) groups is 1. The highest BCUT2D eigenvalue weighted by Gasteiger charge is 2.29. The molecule has 0 aliphatic rings.